The predicted octanol–water partition coefficient (Wildman–Crippen LogP) is 19.6. The predicted molar refractivity (Wildman–Crippen MR) is 363 cm³/mol. The van der Waals surface area contributed by atoms with Crippen molar-refractivity contribution in [1.29, 1.82) is 0 Å². The number of unbranched alkanes of at least 4 members (excludes halogenated alkanes) is 24. The molecule has 476 valence electrons. The van der Waals surface area contributed by atoms with E-state index < -0.39 is 16.6 Å². The molecule has 0 aliphatic rings. The Balaban J connectivity index is 5.02. The van der Waals surface area contributed by atoms with Crippen LogP contribution < -0.4 is 0 Å². The summed E-state index contributed by atoms with van der Waals surface area (Å²) >= 11 is 4.06. The average molecular weight is 1190 g/mol. The third kappa shape index (κ3) is 59.0. The summed E-state index contributed by atoms with van der Waals surface area (Å²) < 4.78 is 7.14. The maximum Gasteiger partial charge on any atom is 0.174 e. The van der Waals surface area contributed by atoms with Crippen LogP contribution in [0.5, 0.6) is 0 Å². The fourth-order valence-electron chi connectivity index (χ4n) is 11.4. The van der Waals surface area contributed by atoms with E-state index in [1.807, 2.05) is 23.5 Å². The first kappa shape index (κ1) is 79.9. The molecule has 0 spiro atoms. The largest absolute Gasteiger partial charge is 0.455 e. The van der Waals surface area contributed by atoms with Gasteiger partial charge in [0.1, 0.15) is 0 Å². The van der Waals surface area contributed by atoms with Crippen LogP contribution in [0.1, 0.15) is 287 Å². The highest BCUT2D eigenvalue weighted by Crippen LogP contribution is 2.26. The van der Waals surface area contributed by atoms with E-state index in [1.165, 1.54) is 180 Å². The van der Waals surface area contributed by atoms with Crippen molar-refractivity contribution in [1.82, 2.24) is 9.80 Å². The standard InChI is InChI=1S/C68H144N2O5S2Si2/c1-61(2)41-33-25-17-13-21-29-37-45-65(71)57-69(58-66(72)46-38-30-22-14-18-26-34-42-62(3)4)49-51-76-53-55-78(9,10)75-79(11,12)56-54-77-52-50-70(59-67(73)47-39-31-23-15-19-27-35-43-63(5)6)60-68(74)48-40-32-24-16-20-28-36-44-64(7)8/h61-68,71-74H,13-60H2,1-12H3. The molecule has 0 rings (SSSR count). The lowest BCUT2D eigenvalue weighted by atomic mass is 10.0. The molecule has 7 nitrogen and oxygen atoms in total. The smallest absolute Gasteiger partial charge is 0.174 e. The lowest BCUT2D eigenvalue weighted by molar-refractivity contribution is 0.0634. The summed E-state index contributed by atoms with van der Waals surface area (Å²) in [7, 11) is -3.69. The Bertz CT molecular complexity index is 1110. The Morgan fingerprint density at radius 1 is 0.291 bits per heavy atom. The monoisotopic (exact) mass is 1190 g/mol. The third-order valence-corrected chi connectivity index (χ3v) is 26.5. The van der Waals surface area contributed by atoms with Crippen LogP contribution in [0.4, 0.5) is 0 Å². The minimum atomic E-state index is -1.85. The van der Waals surface area contributed by atoms with E-state index in [2.05, 4.69) is 91.4 Å². The molecule has 0 aliphatic heterocycles. The summed E-state index contributed by atoms with van der Waals surface area (Å²) in [6.45, 7) is 32.8. The minimum Gasteiger partial charge on any atom is -0.455 e. The summed E-state index contributed by atoms with van der Waals surface area (Å²) in [5.74, 6) is 7.53. The van der Waals surface area contributed by atoms with Gasteiger partial charge in [-0.1, -0.05) is 261 Å². The number of hydrogen-bond acceptors (Lipinski definition) is 9. The zero-order chi connectivity index (χ0) is 58.8. The molecule has 0 fully saturated rings. The van der Waals surface area contributed by atoms with E-state index in [-0.39, 0.29) is 24.4 Å². The first-order chi connectivity index (χ1) is 37.7. The molecule has 0 saturated carbocycles. The Morgan fingerprint density at radius 2 is 0.481 bits per heavy atom. The van der Waals surface area contributed by atoms with Gasteiger partial charge in [-0.2, -0.15) is 23.5 Å². The number of hydrogen-bond donors (Lipinski definition) is 4. The molecule has 0 radical (unpaired) electrons. The van der Waals surface area contributed by atoms with Crippen molar-refractivity contribution in [3.63, 3.8) is 0 Å². The van der Waals surface area contributed by atoms with Gasteiger partial charge in [-0.25, -0.2) is 0 Å². The molecule has 0 heterocycles. The van der Waals surface area contributed by atoms with E-state index in [9.17, 15) is 20.4 Å². The van der Waals surface area contributed by atoms with Gasteiger partial charge in [0.15, 0.2) is 16.6 Å². The third-order valence-electron chi connectivity index (χ3n) is 16.5. The van der Waals surface area contributed by atoms with E-state index >= 15 is 0 Å². The number of nitrogens with zero attached hydrogens (tertiary/aromatic N) is 2. The quantitative estimate of drug-likeness (QED) is 0.0351. The van der Waals surface area contributed by atoms with Crippen LogP contribution in [-0.4, -0.2) is 134 Å². The van der Waals surface area contributed by atoms with Gasteiger partial charge in [0.25, 0.3) is 0 Å². The van der Waals surface area contributed by atoms with E-state index in [1.54, 1.807) is 0 Å². The second kappa shape index (κ2) is 54.3. The molecule has 0 aromatic heterocycles. The first-order valence-electron chi connectivity index (χ1n) is 34.7. The number of thioether (sulfide) groups is 2. The van der Waals surface area contributed by atoms with Gasteiger partial charge < -0.3 is 24.5 Å². The first-order valence-corrected chi connectivity index (χ1v) is 43.3. The maximum absolute atomic E-state index is 11.2. The molecular formula is C68H144N2O5S2Si2. The van der Waals surface area contributed by atoms with Crippen LogP contribution in [0.2, 0.25) is 38.3 Å². The second-order valence-electron chi connectivity index (χ2n) is 28.3. The number of aliphatic hydroxyl groups excluding tert-OH is 4. The number of aliphatic hydroxyl groups is 4. The van der Waals surface area contributed by atoms with Gasteiger partial charge in [0.05, 0.1) is 24.4 Å². The SMILES string of the molecule is CC(C)CCCCCCCCCC(O)CN(CCSCC[Si](C)(C)O[Si](C)(C)CCSCCN(CC(O)CCCCCCCCCC(C)C)CC(O)CCCCCCCCCC(C)C)CC(O)CCCCCCCCCC(C)C. The Labute approximate surface area is 506 Å². The van der Waals surface area contributed by atoms with Crippen LogP contribution >= 0.6 is 23.5 Å². The van der Waals surface area contributed by atoms with Gasteiger partial charge in [0, 0.05) is 50.8 Å². The minimum absolute atomic E-state index is 0.323. The Hall–Kier alpha value is 0.854. The van der Waals surface area contributed by atoms with Crippen molar-refractivity contribution in [2.24, 2.45) is 23.7 Å². The molecule has 0 aromatic rings. The molecule has 4 unspecified atom stereocenters. The highest BCUT2D eigenvalue weighted by atomic mass is 32.2. The zero-order valence-corrected chi connectivity index (χ0v) is 59.1. The molecular weight excluding hydrogens is 1050 g/mol. The van der Waals surface area contributed by atoms with Crippen molar-refractivity contribution in [2.45, 2.75) is 349 Å². The van der Waals surface area contributed by atoms with Crippen molar-refractivity contribution < 1.29 is 24.5 Å². The fourth-order valence-corrected chi connectivity index (χ4v) is 24.5. The van der Waals surface area contributed by atoms with Crippen LogP contribution in [-0.2, 0) is 4.12 Å². The second-order valence-corrected chi connectivity index (χ2v) is 39.6. The van der Waals surface area contributed by atoms with Crippen LogP contribution in [0, 0.1) is 23.7 Å². The van der Waals surface area contributed by atoms with Crippen molar-refractivity contribution >= 4 is 40.2 Å². The molecule has 4 atom stereocenters. The molecule has 79 heavy (non-hydrogen) atoms. The average Bonchev–Trinajstić information content (AvgIpc) is 3.35. The van der Waals surface area contributed by atoms with Gasteiger partial charge in [-0.3, -0.25) is 9.80 Å². The lowest BCUT2D eigenvalue weighted by Gasteiger charge is -2.34. The maximum atomic E-state index is 11.2. The molecule has 0 bridgehead atoms. The number of rotatable bonds is 62. The van der Waals surface area contributed by atoms with Crippen LogP contribution in [0.25, 0.3) is 0 Å². The topological polar surface area (TPSA) is 96.6 Å². The van der Waals surface area contributed by atoms with Crippen LogP contribution in [0.3, 0.4) is 0 Å². The van der Waals surface area contributed by atoms with Crippen LogP contribution in [0.15, 0.2) is 0 Å². The van der Waals surface area contributed by atoms with E-state index in [4.69, 9.17) is 4.12 Å². The summed E-state index contributed by atoms with van der Waals surface area (Å²) in [5.41, 5.74) is 0. The van der Waals surface area contributed by atoms with Crippen molar-refractivity contribution in [3.05, 3.63) is 0 Å². The summed E-state index contributed by atoms with van der Waals surface area (Å²) in [5, 5.41) is 44.8. The molecule has 0 aliphatic carbocycles. The van der Waals surface area contributed by atoms with Crippen molar-refractivity contribution in [2.75, 3.05) is 62.3 Å². The van der Waals surface area contributed by atoms with Gasteiger partial charge in [-0.05, 0) is 99.1 Å². The molecule has 0 saturated heterocycles. The van der Waals surface area contributed by atoms with Crippen molar-refractivity contribution in [3.8, 4) is 0 Å². The fraction of sp³-hybridized carbons (Fsp3) is 1.00. The molecule has 0 amide bonds. The normalized spacial score (nSPS) is 14.4. The van der Waals surface area contributed by atoms with E-state index in [0.29, 0.717) is 26.2 Å². The van der Waals surface area contributed by atoms with Gasteiger partial charge in [-0.15, -0.1) is 0 Å². The summed E-state index contributed by atoms with van der Waals surface area (Å²) in [6.07, 6.45) is 43.5. The zero-order valence-electron chi connectivity index (χ0n) is 55.5. The highest BCUT2D eigenvalue weighted by molar-refractivity contribution is 7.99. The summed E-state index contributed by atoms with van der Waals surface area (Å²) in [4.78, 5) is 4.75. The Morgan fingerprint density at radius 3 is 0.684 bits per heavy atom. The van der Waals surface area contributed by atoms with Gasteiger partial charge >= 0.3 is 0 Å². The Kier molecular flexibility index (Phi) is 54.8. The molecule has 4 N–H and O–H groups in total. The van der Waals surface area contributed by atoms with Gasteiger partial charge in [0.2, 0.25) is 0 Å². The van der Waals surface area contributed by atoms with E-state index in [0.717, 1.165) is 123 Å². The summed E-state index contributed by atoms with van der Waals surface area (Å²) in [6, 6.07) is 2.30. The lowest BCUT2D eigenvalue weighted by Crippen LogP contribution is -2.45. The molecule has 0 aromatic carbocycles. The highest BCUT2D eigenvalue weighted by Gasteiger charge is 2.32. The molecule has 11 heteroatoms.